The lowest BCUT2D eigenvalue weighted by Crippen LogP contribution is -2.27. The maximum Gasteiger partial charge on any atom is 0.242 e. The maximum absolute atomic E-state index is 12.4. The molecule has 3 N–H and O–H groups in total. The van der Waals surface area contributed by atoms with E-state index in [1.165, 1.54) is 25.7 Å². The SMILES string of the molecule is Cc1ccc(C)c(S(=O)(=O)NCCC2CCCC2)c1N. The highest BCUT2D eigenvalue weighted by Crippen LogP contribution is 2.28. The van der Waals surface area contributed by atoms with Crippen molar-refractivity contribution in [1.29, 1.82) is 0 Å². The zero-order valence-electron chi connectivity index (χ0n) is 12.3. The Morgan fingerprint density at radius 2 is 1.80 bits per heavy atom. The first-order chi connectivity index (χ1) is 9.42. The first kappa shape index (κ1) is 15.3. The number of rotatable bonds is 5. The van der Waals surface area contributed by atoms with Gasteiger partial charge in [-0.1, -0.05) is 37.8 Å². The molecule has 1 fully saturated rings. The molecule has 5 heteroatoms. The third kappa shape index (κ3) is 3.33. The third-order valence-corrected chi connectivity index (χ3v) is 5.86. The summed E-state index contributed by atoms with van der Waals surface area (Å²) in [7, 11) is -3.51. The fraction of sp³-hybridized carbons (Fsp3) is 0.600. The molecule has 0 atom stereocenters. The van der Waals surface area contributed by atoms with Crippen LogP contribution in [0.5, 0.6) is 0 Å². The number of nitrogen functional groups attached to an aromatic ring is 1. The molecule has 20 heavy (non-hydrogen) atoms. The number of hydrogen-bond acceptors (Lipinski definition) is 3. The van der Waals surface area contributed by atoms with E-state index < -0.39 is 10.0 Å². The second kappa shape index (κ2) is 6.14. The summed E-state index contributed by atoms with van der Waals surface area (Å²) < 4.78 is 27.5. The third-order valence-electron chi connectivity index (χ3n) is 4.20. The summed E-state index contributed by atoms with van der Waals surface area (Å²) >= 11 is 0. The smallest absolute Gasteiger partial charge is 0.242 e. The van der Waals surface area contributed by atoms with Gasteiger partial charge in [0.1, 0.15) is 4.90 Å². The van der Waals surface area contributed by atoms with E-state index in [1.54, 1.807) is 13.0 Å². The van der Waals surface area contributed by atoms with E-state index in [1.807, 2.05) is 13.0 Å². The van der Waals surface area contributed by atoms with Crippen LogP contribution in [0.4, 0.5) is 5.69 Å². The molecule has 0 spiro atoms. The summed E-state index contributed by atoms with van der Waals surface area (Å²) in [5.41, 5.74) is 7.80. The van der Waals surface area contributed by atoms with Crippen molar-refractivity contribution in [2.75, 3.05) is 12.3 Å². The zero-order chi connectivity index (χ0) is 14.8. The number of hydrogen-bond donors (Lipinski definition) is 2. The lowest BCUT2D eigenvalue weighted by Gasteiger charge is -2.14. The van der Waals surface area contributed by atoms with Crippen LogP contribution in [0.3, 0.4) is 0 Å². The van der Waals surface area contributed by atoms with Gasteiger partial charge in [-0.25, -0.2) is 13.1 Å². The highest BCUT2D eigenvalue weighted by Gasteiger charge is 2.22. The lowest BCUT2D eigenvalue weighted by atomic mass is 10.1. The number of nitrogens with two attached hydrogens (primary N) is 1. The summed E-state index contributed by atoms with van der Waals surface area (Å²) in [6.45, 7) is 4.10. The number of benzene rings is 1. The summed E-state index contributed by atoms with van der Waals surface area (Å²) in [6, 6.07) is 3.65. The minimum absolute atomic E-state index is 0.240. The quantitative estimate of drug-likeness (QED) is 0.821. The molecule has 1 saturated carbocycles. The van der Waals surface area contributed by atoms with Crippen LogP contribution >= 0.6 is 0 Å². The molecule has 1 aliphatic carbocycles. The van der Waals surface area contributed by atoms with E-state index in [0.29, 0.717) is 23.7 Å². The molecule has 0 unspecified atom stereocenters. The second-order valence-corrected chi connectivity index (χ2v) is 7.48. The first-order valence-corrected chi connectivity index (χ1v) is 8.75. The summed E-state index contributed by atoms with van der Waals surface area (Å²) in [6.07, 6.45) is 5.94. The Labute approximate surface area is 121 Å². The standard InChI is InChI=1S/C15H24N2O2S/c1-11-7-8-12(2)15(14(11)16)20(18,19)17-10-9-13-5-3-4-6-13/h7-8,13,17H,3-6,9-10,16H2,1-2H3. The molecule has 0 radical (unpaired) electrons. The van der Waals surface area contributed by atoms with Gasteiger partial charge in [0.15, 0.2) is 0 Å². The number of nitrogens with one attached hydrogen (secondary N) is 1. The van der Waals surface area contributed by atoms with E-state index in [4.69, 9.17) is 5.73 Å². The van der Waals surface area contributed by atoms with Gasteiger partial charge >= 0.3 is 0 Å². The van der Waals surface area contributed by atoms with Crippen molar-refractivity contribution in [3.05, 3.63) is 23.3 Å². The largest absolute Gasteiger partial charge is 0.397 e. The normalized spacial score (nSPS) is 16.7. The molecule has 0 aromatic heterocycles. The van der Waals surface area contributed by atoms with Gasteiger partial charge in [0.2, 0.25) is 10.0 Å². The van der Waals surface area contributed by atoms with E-state index in [2.05, 4.69) is 4.72 Å². The zero-order valence-corrected chi connectivity index (χ0v) is 13.1. The van der Waals surface area contributed by atoms with Gasteiger partial charge in [0.25, 0.3) is 0 Å². The average molecular weight is 296 g/mol. The fourth-order valence-electron chi connectivity index (χ4n) is 2.93. The Bertz CT molecular complexity index is 576. The molecule has 1 aromatic rings. The van der Waals surface area contributed by atoms with E-state index >= 15 is 0 Å². The number of aryl methyl sites for hydroxylation is 2. The van der Waals surface area contributed by atoms with Crippen LogP contribution in [0.2, 0.25) is 0 Å². The van der Waals surface area contributed by atoms with Crippen LogP contribution in [-0.4, -0.2) is 15.0 Å². The van der Waals surface area contributed by atoms with E-state index in [0.717, 1.165) is 12.0 Å². The Hall–Kier alpha value is -1.07. The topological polar surface area (TPSA) is 72.2 Å². The van der Waals surface area contributed by atoms with Crippen LogP contribution < -0.4 is 10.5 Å². The molecular formula is C15H24N2O2S. The van der Waals surface area contributed by atoms with Gasteiger partial charge in [-0.3, -0.25) is 0 Å². The van der Waals surface area contributed by atoms with E-state index in [9.17, 15) is 8.42 Å². The summed E-state index contributed by atoms with van der Waals surface area (Å²) in [5.74, 6) is 0.675. The lowest BCUT2D eigenvalue weighted by molar-refractivity contribution is 0.495. The first-order valence-electron chi connectivity index (χ1n) is 7.27. The Balaban J connectivity index is 2.08. The molecule has 1 aromatic carbocycles. The van der Waals surface area contributed by atoms with Crippen LogP contribution in [0.15, 0.2) is 17.0 Å². The Morgan fingerprint density at radius 3 is 2.45 bits per heavy atom. The molecular weight excluding hydrogens is 272 g/mol. The maximum atomic E-state index is 12.4. The van der Waals surface area contributed by atoms with Crippen LogP contribution in [0.25, 0.3) is 0 Å². The van der Waals surface area contributed by atoms with Gasteiger partial charge in [-0.05, 0) is 37.3 Å². The molecule has 0 amide bonds. The van der Waals surface area contributed by atoms with Crippen molar-refractivity contribution in [3.63, 3.8) is 0 Å². The highest BCUT2D eigenvalue weighted by molar-refractivity contribution is 7.89. The monoisotopic (exact) mass is 296 g/mol. The molecule has 4 nitrogen and oxygen atoms in total. The van der Waals surface area contributed by atoms with Crippen molar-refractivity contribution < 1.29 is 8.42 Å². The Morgan fingerprint density at radius 1 is 1.20 bits per heavy atom. The molecule has 112 valence electrons. The van der Waals surface area contributed by atoms with Crippen LogP contribution in [0.1, 0.15) is 43.2 Å². The van der Waals surface area contributed by atoms with Gasteiger partial charge in [0, 0.05) is 6.54 Å². The van der Waals surface area contributed by atoms with E-state index in [-0.39, 0.29) is 4.90 Å². The van der Waals surface area contributed by atoms with Crippen LogP contribution in [0, 0.1) is 19.8 Å². The number of sulfonamides is 1. The average Bonchev–Trinajstić information content (AvgIpc) is 2.87. The van der Waals surface area contributed by atoms with Crippen molar-refractivity contribution in [2.24, 2.45) is 5.92 Å². The number of anilines is 1. The van der Waals surface area contributed by atoms with Gasteiger partial charge in [-0.2, -0.15) is 0 Å². The summed E-state index contributed by atoms with van der Waals surface area (Å²) in [5, 5.41) is 0. The predicted molar refractivity (Wildman–Crippen MR) is 82.1 cm³/mol. The van der Waals surface area contributed by atoms with Gasteiger partial charge in [-0.15, -0.1) is 0 Å². The van der Waals surface area contributed by atoms with Crippen LogP contribution in [-0.2, 0) is 10.0 Å². The molecule has 0 saturated heterocycles. The van der Waals surface area contributed by atoms with Crippen molar-refractivity contribution in [1.82, 2.24) is 4.72 Å². The van der Waals surface area contributed by atoms with Crippen molar-refractivity contribution in [3.8, 4) is 0 Å². The fourth-order valence-corrected chi connectivity index (χ4v) is 4.41. The van der Waals surface area contributed by atoms with Crippen molar-refractivity contribution in [2.45, 2.75) is 50.8 Å². The van der Waals surface area contributed by atoms with Crippen molar-refractivity contribution >= 4 is 15.7 Å². The Kier molecular flexibility index (Phi) is 4.70. The highest BCUT2D eigenvalue weighted by atomic mass is 32.2. The van der Waals surface area contributed by atoms with Gasteiger partial charge in [0.05, 0.1) is 5.69 Å². The predicted octanol–water partition coefficient (Wildman–Crippen LogP) is 2.74. The molecule has 0 aliphatic heterocycles. The minimum Gasteiger partial charge on any atom is -0.397 e. The molecule has 0 bridgehead atoms. The minimum atomic E-state index is -3.51. The summed E-state index contributed by atoms with van der Waals surface area (Å²) in [4.78, 5) is 0.240. The molecule has 0 heterocycles. The molecule has 2 rings (SSSR count). The second-order valence-electron chi connectivity index (χ2n) is 5.78. The molecule has 1 aliphatic rings. The van der Waals surface area contributed by atoms with Gasteiger partial charge < -0.3 is 5.73 Å².